The molecule has 0 aliphatic carbocycles. The molecule has 2 heterocycles. The lowest BCUT2D eigenvalue weighted by Gasteiger charge is -2.10. The molecule has 0 saturated heterocycles. The van der Waals surface area contributed by atoms with Gasteiger partial charge in [0.25, 0.3) is 5.91 Å². The number of anilines is 1. The molecule has 4 rings (SSSR count). The van der Waals surface area contributed by atoms with Crippen molar-refractivity contribution in [2.75, 3.05) is 5.32 Å². The van der Waals surface area contributed by atoms with Gasteiger partial charge in [0.15, 0.2) is 10.9 Å². The summed E-state index contributed by atoms with van der Waals surface area (Å²) >= 11 is 1.23. The maximum atomic E-state index is 13.0. The number of nitrogens with zero attached hydrogens (tertiary/aromatic N) is 2. The van der Waals surface area contributed by atoms with Crippen molar-refractivity contribution in [1.29, 1.82) is 0 Å². The summed E-state index contributed by atoms with van der Waals surface area (Å²) in [6.45, 7) is 3.48. The number of ketones is 1. The molecule has 1 amide bonds. The third-order valence-electron chi connectivity index (χ3n) is 4.39. The number of hydrogen-bond donors (Lipinski definition) is 1. The van der Waals surface area contributed by atoms with Gasteiger partial charge in [0.1, 0.15) is 5.69 Å². The van der Waals surface area contributed by atoms with E-state index < -0.39 is 0 Å². The monoisotopic (exact) mass is 387 g/mol. The van der Waals surface area contributed by atoms with Crippen molar-refractivity contribution in [3.05, 3.63) is 76.8 Å². The highest BCUT2D eigenvalue weighted by molar-refractivity contribution is 7.14. The number of benzene rings is 2. The number of carbonyl (C=O) groups excluding carboxylic acids is 2. The Balaban J connectivity index is 1.76. The van der Waals surface area contributed by atoms with Crippen LogP contribution in [0.3, 0.4) is 0 Å². The van der Waals surface area contributed by atoms with E-state index >= 15 is 0 Å². The molecular formula is C22H17N3O2S. The van der Waals surface area contributed by atoms with Crippen molar-refractivity contribution < 1.29 is 9.59 Å². The number of rotatable bonds is 4. The standard InChI is InChI=1S/C22H17N3O2S/c1-13-7-9-15(10-8-13)19-11-17(16-5-3-4-6-18(16)23-19)21(27)25-22-24-20(12-28-22)14(2)26/h3-12H,1-2H3,(H,24,25,27). The molecule has 28 heavy (non-hydrogen) atoms. The van der Waals surface area contributed by atoms with Crippen molar-refractivity contribution in [2.24, 2.45) is 0 Å². The summed E-state index contributed by atoms with van der Waals surface area (Å²) in [6.07, 6.45) is 0. The first-order chi connectivity index (χ1) is 13.5. The number of pyridine rings is 1. The summed E-state index contributed by atoms with van der Waals surface area (Å²) in [7, 11) is 0. The summed E-state index contributed by atoms with van der Waals surface area (Å²) in [4.78, 5) is 33.3. The SMILES string of the molecule is CC(=O)c1csc(NC(=O)c2cc(-c3ccc(C)cc3)nc3ccccc23)n1. The average Bonchev–Trinajstić information content (AvgIpc) is 3.16. The Hall–Kier alpha value is -3.38. The molecule has 0 aliphatic heterocycles. The molecule has 0 fully saturated rings. The topological polar surface area (TPSA) is 72.0 Å². The molecule has 4 aromatic rings. The predicted octanol–water partition coefficient (Wildman–Crippen LogP) is 5.12. The Morgan fingerprint density at radius 2 is 1.75 bits per heavy atom. The number of amides is 1. The number of para-hydroxylation sites is 1. The molecule has 5 nitrogen and oxygen atoms in total. The maximum absolute atomic E-state index is 13.0. The van der Waals surface area contributed by atoms with Crippen LogP contribution in [0.1, 0.15) is 33.3 Å². The summed E-state index contributed by atoms with van der Waals surface area (Å²) in [5.41, 5.74) is 4.44. The number of carbonyl (C=O) groups is 2. The number of Topliss-reactive ketones (excluding diaryl/α,β-unsaturated/α-hetero) is 1. The molecule has 0 unspecified atom stereocenters. The third-order valence-corrected chi connectivity index (χ3v) is 5.15. The molecule has 138 valence electrons. The van der Waals surface area contributed by atoms with Crippen LogP contribution in [0.5, 0.6) is 0 Å². The third kappa shape index (κ3) is 3.54. The van der Waals surface area contributed by atoms with Crippen LogP contribution < -0.4 is 5.32 Å². The molecule has 0 aliphatic rings. The van der Waals surface area contributed by atoms with Crippen LogP contribution in [-0.4, -0.2) is 21.7 Å². The number of fused-ring (bicyclic) bond motifs is 1. The summed E-state index contributed by atoms with van der Waals surface area (Å²) in [5.74, 6) is -0.413. The number of hydrogen-bond acceptors (Lipinski definition) is 5. The van der Waals surface area contributed by atoms with Crippen molar-refractivity contribution in [3.8, 4) is 11.3 Å². The van der Waals surface area contributed by atoms with Gasteiger partial charge in [-0.3, -0.25) is 14.9 Å². The fourth-order valence-corrected chi connectivity index (χ4v) is 3.64. The van der Waals surface area contributed by atoms with Crippen molar-refractivity contribution >= 4 is 39.1 Å². The molecule has 0 radical (unpaired) electrons. The van der Waals surface area contributed by atoms with Gasteiger partial charge in [-0.15, -0.1) is 11.3 Å². The van der Waals surface area contributed by atoms with E-state index in [1.165, 1.54) is 18.3 Å². The van der Waals surface area contributed by atoms with Crippen molar-refractivity contribution in [2.45, 2.75) is 13.8 Å². The van der Waals surface area contributed by atoms with E-state index in [-0.39, 0.29) is 11.7 Å². The Labute approximate surface area is 166 Å². The van der Waals surface area contributed by atoms with E-state index in [1.54, 1.807) is 11.4 Å². The minimum absolute atomic E-state index is 0.132. The zero-order chi connectivity index (χ0) is 19.7. The largest absolute Gasteiger partial charge is 0.298 e. The molecule has 0 atom stereocenters. The summed E-state index contributed by atoms with van der Waals surface area (Å²) in [5, 5.41) is 5.60. The number of thiazole rings is 1. The van der Waals surface area contributed by atoms with E-state index in [2.05, 4.69) is 10.3 Å². The lowest BCUT2D eigenvalue weighted by molar-refractivity contribution is 0.100. The second kappa shape index (κ2) is 7.32. The Morgan fingerprint density at radius 3 is 2.46 bits per heavy atom. The van der Waals surface area contributed by atoms with Gasteiger partial charge in [-0.05, 0) is 19.1 Å². The van der Waals surface area contributed by atoms with Crippen LogP contribution in [0.15, 0.2) is 60.0 Å². The molecule has 6 heteroatoms. The van der Waals surface area contributed by atoms with Crippen LogP contribution in [0.4, 0.5) is 5.13 Å². The molecular weight excluding hydrogens is 370 g/mol. The van der Waals surface area contributed by atoms with Gasteiger partial charge < -0.3 is 0 Å². The lowest BCUT2D eigenvalue weighted by atomic mass is 10.0. The Kier molecular flexibility index (Phi) is 4.71. The van der Waals surface area contributed by atoms with Crippen molar-refractivity contribution in [1.82, 2.24) is 9.97 Å². The van der Waals surface area contributed by atoms with Gasteiger partial charge in [-0.25, -0.2) is 9.97 Å². The first kappa shape index (κ1) is 18.0. The minimum Gasteiger partial charge on any atom is -0.298 e. The molecule has 2 aromatic carbocycles. The van der Waals surface area contributed by atoms with Crippen LogP contribution in [0.2, 0.25) is 0 Å². The highest BCUT2D eigenvalue weighted by atomic mass is 32.1. The molecule has 0 bridgehead atoms. The van der Waals surface area contributed by atoms with Crippen molar-refractivity contribution in [3.63, 3.8) is 0 Å². The fraction of sp³-hybridized carbons (Fsp3) is 0.0909. The fourth-order valence-electron chi connectivity index (χ4n) is 2.89. The maximum Gasteiger partial charge on any atom is 0.258 e. The quantitative estimate of drug-likeness (QED) is 0.493. The highest BCUT2D eigenvalue weighted by Gasteiger charge is 2.16. The zero-order valence-electron chi connectivity index (χ0n) is 15.4. The van der Waals surface area contributed by atoms with E-state index in [9.17, 15) is 9.59 Å². The Bertz CT molecular complexity index is 1200. The number of aromatic nitrogens is 2. The first-order valence-corrected chi connectivity index (χ1v) is 9.64. The first-order valence-electron chi connectivity index (χ1n) is 8.76. The van der Waals surface area contributed by atoms with E-state index in [4.69, 9.17) is 4.98 Å². The minimum atomic E-state index is -0.281. The number of aryl methyl sites for hydroxylation is 1. The van der Waals surface area contributed by atoms with Gasteiger partial charge >= 0.3 is 0 Å². The molecule has 1 N–H and O–H groups in total. The predicted molar refractivity (Wildman–Crippen MR) is 112 cm³/mol. The number of nitrogens with one attached hydrogen (secondary N) is 1. The average molecular weight is 387 g/mol. The Morgan fingerprint density at radius 1 is 1.00 bits per heavy atom. The van der Waals surface area contributed by atoms with Crippen LogP contribution >= 0.6 is 11.3 Å². The van der Waals surface area contributed by atoms with Crippen LogP contribution in [0, 0.1) is 6.92 Å². The van der Waals surface area contributed by atoms with E-state index in [0.717, 1.165) is 27.7 Å². The van der Waals surface area contributed by atoms with Gasteiger partial charge in [-0.2, -0.15) is 0 Å². The second-order valence-corrected chi connectivity index (χ2v) is 7.34. The van der Waals surface area contributed by atoms with Crippen LogP contribution in [-0.2, 0) is 0 Å². The smallest absolute Gasteiger partial charge is 0.258 e. The molecule has 2 aromatic heterocycles. The normalized spacial score (nSPS) is 10.8. The zero-order valence-corrected chi connectivity index (χ0v) is 16.2. The van der Waals surface area contributed by atoms with Gasteiger partial charge in [0, 0.05) is 23.3 Å². The molecule has 0 saturated carbocycles. The van der Waals surface area contributed by atoms with E-state index in [1.807, 2.05) is 55.5 Å². The van der Waals surface area contributed by atoms with Gasteiger partial charge in [0.2, 0.25) is 0 Å². The summed E-state index contributed by atoms with van der Waals surface area (Å²) in [6, 6.07) is 17.4. The summed E-state index contributed by atoms with van der Waals surface area (Å²) < 4.78 is 0. The lowest BCUT2D eigenvalue weighted by Crippen LogP contribution is -2.13. The van der Waals surface area contributed by atoms with E-state index in [0.29, 0.717) is 16.4 Å². The van der Waals surface area contributed by atoms with Crippen LogP contribution in [0.25, 0.3) is 22.2 Å². The highest BCUT2D eigenvalue weighted by Crippen LogP contribution is 2.26. The second-order valence-electron chi connectivity index (χ2n) is 6.49. The molecule has 0 spiro atoms. The van der Waals surface area contributed by atoms with Gasteiger partial charge in [-0.1, -0.05) is 48.0 Å². The van der Waals surface area contributed by atoms with Gasteiger partial charge in [0.05, 0.1) is 16.8 Å².